The molecule has 0 saturated carbocycles. The summed E-state index contributed by atoms with van der Waals surface area (Å²) in [5.41, 5.74) is 2.69. The van der Waals surface area contributed by atoms with E-state index in [4.69, 9.17) is 9.26 Å². The van der Waals surface area contributed by atoms with Gasteiger partial charge in [0.15, 0.2) is 11.9 Å². The summed E-state index contributed by atoms with van der Waals surface area (Å²) >= 11 is 0. The maximum atomic E-state index is 14.3. The smallest absolute Gasteiger partial charge is 0.165 e. The van der Waals surface area contributed by atoms with E-state index >= 15 is 0 Å². The normalized spacial score (nSPS) is 17.9. The number of pyridine rings is 1. The summed E-state index contributed by atoms with van der Waals surface area (Å²) in [5, 5.41) is 4.20. The second kappa shape index (κ2) is 11.0. The number of rotatable bonds is 9. The van der Waals surface area contributed by atoms with Crippen molar-refractivity contribution in [2.24, 2.45) is 0 Å². The van der Waals surface area contributed by atoms with Crippen molar-refractivity contribution in [3.8, 4) is 17.1 Å². The number of alkyl halides is 1. The standard InChI is InChI=1S/C29H24F2N4O2/c1-2-8-20(9-7-16-36-21-10-4-3-5-11-21)26-17-22(37-34-26)18-35-15-14-25-27(19-35)33-29(32-25)23-12-6-13-24(30)28(23)31/h2-15,17,19,23,28H,1,16,18H2/b9-7-,20-8+. The van der Waals surface area contributed by atoms with Gasteiger partial charge in [-0.1, -0.05) is 60.3 Å². The van der Waals surface area contributed by atoms with Crippen LogP contribution in [0.1, 0.15) is 23.2 Å². The van der Waals surface area contributed by atoms with Crippen LogP contribution in [-0.2, 0) is 6.54 Å². The molecule has 0 bridgehead atoms. The Morgan fingerprint density at radius 2 is 2.00 bits per heavy atom. The first-order chi connectivity index (χ1) is 18.1. The van der Waals surface area contributed by atoms with E-state index in [1.54, 1.807) is 24.4 Å². The molecule has 37 heavy (non-hydrogen) atoms. The first-order valence-corrected chi connectivity index (χ1v) is 11.7. The highest BCUT2D eigenvalue weighted by Gasteiger charge is 2.30. The molecule has 0 radical (unpaired) electrons. The number of ether oxygens (including phenoxy) is 1. The zero-order valence-electron chi connectivity index (χ0n) is 19.9. The van der Waals surface area contributed by atoms with Gasteiger partial charge in [0.25, 0.3) is 0 Å². The van der Waals surface area contributed by atoms with Crippen LogP contribution in [0, 0.1) is 0 Å². The number of benzene rings is 1. The molecular formula is C29H24F2N4O2. The Balaban J connectivity index is 1.27. The van der Waals surface area contributed by atoms with Gasteiger partial charge in [-0.25, -0.2) is 18.7 Å². The first kappa shape index (κ1) is 24.1. The van der Waals surface area contributed by atoms with E-state index in [1.165, 1.54) is 6.08 Å². The van der Waals surface area contributed by atoms with Crippen LogP contribution in [0.4, 0.5) is 8.78 Å². The van der Waals surface area contributed by atoms with Crippen molar-refractivity contribution < 1.29 is 18.0 Å². The minimum Gasteiger partial charge on any atom is -0.490 e. The van der Waals surface area contributed by atoms with Gasteiger partial charge in [0.05, 0.1) is 18.2 Å². The van der Waals surface area contributed by atoms with Crippen molar-refractivity contribution in [1.29, 1.82) is 0 Å². The monoisotopic (exact) mass is 498 g/mol. The van der Waals surface area contributed by atoms with Crippen LogP contribution < -0.4 is 4.74 Å². The molecule has 1 aromatic carbocycles. The fraction of sp³-hybridized carbons (Fsp3) is 0.138. The average molecular weight is 499 g/mol. The molecule has 1 aliphatic carbocycles. The van der Waals surface area contributed by atoms with E-state index in [9.17, 15) is 8.78 Å². The maximum Gasteiger partial charge on any atom is 0.165 e. The van der Waals surface area contributed by atoms with E-state index in [0.717, 1.165) is 17.4 Å². The van der Waals surface area contributed by atoms with E-state index in [-0.39, 0.29) is 5.82 Å². The quantitative estimate of drug-likeness (QED) is 0.248. The van der Waals surface area contributed by atoms with Crippen LogP contribution in [0.5, 0.6) is 5.75 Å². The summed E-state index contributed by atoms with van der Waals surface area (Å²) in [5.74, 6) is 0.0208. The van der Waals surface area contributed by atoms with Crippen LogP contribution >= 0.6 is 0 Å². The molecule has 0 saturated heterocycles. The Morgan fingerprint density at radius 3 is 2.84 bits per heavy atom. The van der Waals surface area contributed by atoms with Crippen molar-refractivity contribution in [1.82, 2.24) is 19.7 Å². The lowest BCUT2D eigenvalue weighted by Gasteiger charge is -2.15. The summed E-state index contributed by atoms with van der Waals surface area (Å²) in [6.45, 7) is 4.59. The summed E-state index contributed by atoms with van der Waals surface area (Å²) in [4.78, 5) is 8.83. The average Bonchev–Trinajstić information content (AvgIpc) is 3.55. The van der Waals surface area contributed by atoms with Crippen LogP contribution in [0.15, 0.2) is 114 Å². The lowest BCUT2D eigenvalue weighted by atomic mass is 9.97. The SMILES string of the molecule is C=C/C=C(\C=C/COc1ccccc1)c1cc(Cn2ccc3nc(C4C=CC=C(F)C4F)nc-3c2)on1. The predicted octanol–water partition coefficient (Wildman–Crippen LogP) is 6.47. The number of para-hydroxylation sites is 1. The highest BCUT2D eigenvalue weighted by atomic mass is 19.2. The minimum atomic E-state index is -1.78. The number of aromatic nitrogens is 4. The van der Waals surface area contributed by atoms with E-state index < -0.39 is 17.9 Å². The van der Waals surface area contributed by atoms with Crippen LogP contribution in [0.2, 0.25) is 0 Å². The third-order valence-electron chi connectivity index (χ3n) is 5.77. The first-order valence-electron chi connectivity index (χ1n) is 11.7. The van der Waals surface area contributed by atoms with Crippen molar-refractivity contribution >= 4 is 5.57 Å². The fourth-order valence-corrected chi connectivity index (χ4v) is 3.96. The topological polar surface area (TPSA) is 66.0 Å². The molecule has 0 spiro atoms. The molecule has 2 unspecified atom stereocenters. The van der Waals surface area contributed by atoms with Crippen LogP contribution in [0.25, 0.3) is 17.0 Å². The van der Waals surface area contributed by atoms with Gasteiger partial charge < -0.3 is 13.8 Å². The molecule has 0 N–H and O–H groups in total. The summed E-state index contributed by atoms with van der Waals surface area (Å²) < 4.78 is 41.1. The summed E-state index contributed by atoms with van der Waals surface area (Å²) in [6.07, 6.45) is 13.4. The maximum absolute atomic E-state index is 14.3. The highest BCUT2D eigenvalue weighted by molar-refractivity contribution is 5.72. The number of hydrogen-bond donors (Lipinski definition) is 0. The Kier molecular flexibility index (Phi) is 7.16. The lowest BCUT2D eigenvalue weighted by Crippen LogP contribution is -2.16. The van der Waals surface area contributed by atoms with Crippen LogP contribution in [0.3, 0.4) is 0 Å². The van der Waals surface area contributed by atoms with Gasteiger partial charge in [0, 0.05) is 24.0 Å². The number of nitrogens with zero attached hydrogens (tertiary/aromatic N) is 4. The second-order valence-corrected chi connectivity index (χ2v) is 8.40. The number of fused-ring (bicyclic) bond motifs is 1. The molecule has 3 aliphatic rings. The van der Waals surface area contributed by atoms with Gasteiger partial charge in [-0.05, 0) is 30.4 Å². The van der Waals surface area contributed by atoms with Gasteiger partial charge in [-0.15, -0.1) is 0 Å². The minimum absolute atomic E-state index is 0.254. The van der Waals surface area contributed by atoms with Gasteiger partial charge in [0.2, 0.25) is 0 Å². The van der Waals surface area contributed by atoms with Crippen molar-refractivity contribution in [3.05, 3.63) is 127 Å². The number of allylic oxidation sites excluding steroid dienone is 8. The van der Waals surface area contributed by atoms with Crippen molar-refractivity contribution in [2.45, 2.75) is 18.6 Å². The fourth-order valence-electron chi connectivity index (χ4n) is 3.96. The highest BCUT2D eigenvalue weighted by Crippen LogP contribution is 2.33. The molecule has 0 fully saturated rings. The zero-order valence-corrected chi connectivity index (χ0v) is 19.9. The molecule has 8 heteroatoms. The zero-order chi connectivity index (χ0) is 25.6. The Morgan fingerprint density at radius 1 is 1.16 bits per heavy atom. The van der Waals surface area contributed by atoms with Crippen LogP contribution in [-0.4, -0.2) is 32.5 Å². The molecule has 186 valence electrons. The van der Waals surface area contributed by atoms with Gasteiger partial charge >= 0.3 is 0 Å². The molecule has 6 nitrogen and oxygen atoms in total. The summed E-state index contributed by atoms with van der Waals surface area (Å²) in [7, 11) is 0. The molecule has 2 aliphatic heterocycles. The molecule has 2 atom stereocenters. The number of hydrogen-bond acceptors (Lipinski definition) is 5. The largest absolute Gasteiger partial charge is 0.490 e. The van der Waals surface area contributed by atoms with Gasteiger partial charge in [-0.3, -0.25) is 0 Å². The third-order valence-corrected chi connectivity index (χ3v) is 5.77. The van der Waals surface area contributed by atoms with Gasteiger partial charge in [-0.2, -0.15) is 0 Å². The molecule has 3 heterocycles. The Labute approximate surface area is 213 Å². The molecule has 0 amide bonds. The Hall–Kier alpha value is -4.59. The second-order valence-electron chi connectivity index (χ2n) is 8.40. The molecular weight excluding hydrogens is 474 g/mol. The third kappa shape index (κ3) is 5.64. The van der Waals surface area contributed by atoms with E-state index in [1.807, 2.05) is 65.4 Å². The predicted molar refractivity (Wildman–Crippen MR) is 137 cm³/mol. The number of imidazole rings is 1. The Bertz CT molecular complexity index is 1470. The van der Waals surface area contributed by atoms with Crippen molar-refractivity contribution in [3.63, 3.8) is 0 Å². The molecule has 1 aromatic heterocycles. The van der Waals surface area contributed by atoms with E-state index in [2.05, 4.69) is 21.7 Å². The lowest BCUT2D eigenvalue weighted by molar-refractivity contribution is 0.295. The molecule has 5 rings (SSSR count). The van der Waals surface area contributed by atoms with Crippen molar-refractivity contribution in [2.75, 3.05) is 6.61 Å². The number of halogens is 2. The van der Waals surface area contributed by atoms with Gasteiger partial charge in [0.1, 0.15) is 35.4 Å². The molecule has 2 aromatic rings. The summed E-state index contributed by atoms with van der Waals surface area (Å²) in [6, 6.07) is 13.2. The van der Waals surface area contributed by atoms with E-state index in [0.29, 0.717) is 36.0 Å².